The summed E-state index contributed by atoms with van der Waals surface area (Å²) in [6.45, 7) is 7.33. The Labute approximate surface area is 198 Å². The summed E-state index contributed by atoms with van der Waals surface area (Å²) in [7, 11) is 4.00. The highest BCUT2D eigenvalue weighted by Crippen LogP contribution is 2.35. The maximum absolute atomic E-state index is 12.4. The molecular formula is C23H38IN5O. The molecule has 6 nitrogen and oxygen atoms in total. The zero-order valence-corrected chi connectivity index (χ0v) is 21.0. The van der Waals surface area contributed by atoms with Gasteiger partial charge in [-0.2, -0.15) is 0 Å². The molecule has 7 heteroatoms. The number of hydrogen-bond acceptors (Lipinski definition) is 3. The van der Waals surface area contributed by atoms with Gasteiger partial charge in [0.25, 0.3) is 5.91 Å². The number of nitrogens with one attached hydrogen (secondary N) is 2. The largest absolute Gasteiger partial charge is 0.357 e. The molecule has 3 rings (SSSR count). The van der Waals surface area contributed by atoms with Gasteiger partial charge in [-0.05, 0) is 63.4 Å². The van der Waals surface area contributed by atoms with Crippen LogP contribution < -0.4 is 10.6 Å². The van der Waals surface area contributed by atoms with E-state index in [4.69, 9.17) is 4.99 Å². The van der Waals surface area contributed by atoms with Gasteiger partial charge in [0.1, 0.15) is 0 Å². The Morgan fingerprint density at radius 1 is 1.17 bits per heavy atom. The Hall–Kier alpha value is -1.35. The first-order valence-electron chi connectivity index (χ1n) is 11.1. The summed E-state index contributed by atoms with van der Waals surface area (Å²) in [5, 5.41) is 6.45. The van der Waals surface area contributed by atoms with Crippen LogP contribution in [0.15, 0.2) is 29.3 Å². The van der Waals surface area contributed by atoms with Crippen LogP contribution >= 0.6 is 24.0 Å². The van der Waals surface area contributed by atoms with Gasteiger partial charge in [-0.3, -0.25) is 4.79 Å². The van der Waals surface area contributed by atoms with Gasteiger partial charge in [0.05, 0.1) is 6.54 Å². The number of aliphatic imine (C=N–C) groups is 1. The summed E-state index contributed by atoms with van der Waals surface area (Å²) in [5.41, 5.74) is 1.77. The van der Waals surface area contributed by atoms with Gasteiger partial charge in [-0.25, -0.2) is 4.99 Å². The van der Waals surface area contributed by atoms with Crippen molar-refractivity contribution in [2.75, 3.05) is 46.8 Å². The Bertz CT molecular complexity index is 695. The number of likely N-dealkylation sites (N-methyl/N-ethyl adjacent to an activating group) is 1. The molecule has 30 heavy (non-hydrogen) atoms. The third kappa shape index (κ3) is 7.11. The fourth-order valence-corrected chi connectivity index (χ4v) is 4.48. The number of hydrogen-bond donors (Lipinski definition) is 2. The number of rotatable bonds is 7. The van der Waals surface area contributed by atoms with Crippen molar-refractivity contribution in [2.45, 2.75) is 39.2 Å². The third-order valence-corrected chi connectivity index (χ3v) is 6.06. The molecule has 2 aliphatic rings. The summed E-state index contributed by atoms with van der Waals surface area (Å²) in [4.78, 5) is 21.8. The van der Waals surface area contributed by atoms with Crippen molar-refractivity contribution in [3.05, 3.63) is 35.4 Å². The molecule has 1 aliphatic heterocycles. The lowest BCUT2D eigenvalue weighted by atomic mass is 9.82. The summed E-state index contributed by atoms with van der Waals surface area (Å²) < 4.78 is 0. The van der Waals surface area contributed by atoms with E-state index < -0.39 is 0 Å². The van der Waals surface area contributed by atoms with Crippen molar-refractivity contribution in [3.8, 4) is 0 Å². The van der Waals surface area contributed by atoms with Crippen molar-refractivity contribution >= 4 is 35.8 Å². The Morgan fingerprint density at radius 2 is 1.87 bits per heavy atom. The van der Waals surface area contributed by atoms with E-state index in [1.165, 1.54) is 25.7 Å². The maximum Gasteiger partial charge on any atom is 0.251 e. The van der Waals surface area contributed by atoms with E-state index in [9.17, 15) is 4.79 Å². The van der Waals surface area contributed by atoms with Crippen LogP contribution in [0.4, 0.5) is 0 Å². The third-order valence-electron chi connectivity index (χ3n) is 6.06. The number of benzene rings is 1. The van der Waals surface area contributed by atoms with E-state index >= 15 is 0 Å². The molecule has 168 valence electrons. The second-order valence-electron chi connectivity index (χ2n) is 8.64. The van der Waals surface area contributed by atoms with Gasteiger partial charge in [-0.1, -0.05) is 25.0 Å². The predicted molar refractivity (Wildman–Crippen MR) is 135 cm³/mol. The predicted octanol–water partition coefficient (Wildman–Crippen LogP) is 3.18. The van der Waals surface area contributed by atoms with Crippen LogP contribution in [0.3, 0.4) is 0 Å². The van der Waals surface area contributed by atoms with Crippen molar-refractivity contribution in [1.82, 2.24) is 20.4 Å². The summed E-state index contributed by atoms with van der Waals surface area (Å²) in [6.07, 6.45) is 5.50. The van der Waals surface area contributed by atoms with E-state index in [1.54, 1.807) is 0 Å². The molecule has 1 amide bonds. The van der Waals surface area contributed by atoms with Crippen LogP contribution in [0, 0.1) is 11.8 Å². The number of nitrogens with zero attached hydrogens (tertiary/aromatic N) is 3. The van der Waals surface area contributed by atoms with E-state index in [0.717, 1.165) is 49.5 Å². The van der Waals surface area contributed by atoms with E-state index in [2.05, 4.69) is 27.4 Å². The minimum absolute atomic E-state index is 0. The molecule has 0 radical (unpaired) electrons. The Kier molecular flexibility index (Phi) is 10.4. The first-order valence-corrected chi connectivity index (χ1v) is 11.1. The fraction of sp³-hybridized carbons (Fsp3) is 0.652. The van der Waals surface area contributed by atoms with Crippen LogP contribution in [0.2, 0.25) is 0 Å². The van der Waals surface area contributed by atoms with Gasteiger partial charge >= 0.3 is 0 Å². The lowest BCUT2D eigenvalue weighted by molar-refractivity contribution is 0.0951. The molecule has 0 bridgehead atoms. The van der Waals surface area contributed by atoms with Crippen LogP contribution in [0.5, 0.6) is 0 Å². The zero-order valence-electron chi connectivity index (χ0n) is 18.7. The average molecular weight is 527 g/mol. The number of halogens is 1. The lowest BCUT2D eigenvalue weighted by Gasteiger charge is -2.22. The van der Waals surface area contributed by atoms with Gasteiger partial charge in [-0.15, -0.1) is 24.0 Å². The number of carbonyl (C=O) groups excluding carboxylic acids is 1. The lowest BCUT2D eigenvalue weighted by Crippen LogP contribution is -2.40. The Morgan fingerprint density at radius 3 is 2.50 bits per heavy atom. The van der Waals surface area contributed by atoms with Crippen LogP contribution in [-0.2, 0) is 6.54 Å². The fourth-order valence-electron chi connectivity index (χ4n) is 4.48. The summed E-state index contributed by atoms with van der Waals surface area (Å²) in [6, 6.07) is 7.83. The zero-order chi connectivity index (χ0) is 20.6. The van der Waals surface area contributed by atoms with Crippen molar-refractivity contribution in [3.63, 3.8) is 0 Å². The van der Waals surface area contributed by atoms with Crippen molar-refractivity contribution in [1.29, 1.82) is 0 Å². The molecule has 1 aromatic rings. The number of likely N-dealkylation sites (tertiary alicyclic amines) is 1. The SMILES string of the molecule is CCNC(=NCc1cccc(C(=O)NCCN(C)C)c1)N1CC2CCCCC2C1.I. The highest BCUT2D eigenvalue weighted by molar-refractivity contribution is 14.0. The second kappa shape index (κ2) is 12.5. The molecule has 1 heterocycles. The summed E-state index contributed by atoms with van der Waals surface area (Å²) >= 11 is 0. The molecule has 1 saturated carbocycles. The first kappa shape index (κ1) is 24.9. The summed E-state index contributed by atoms with van der Waals surface area (Å²) in [5.74, 6) is 2.67. The second-order valence-corrected chi connectivity index (χ2v) is 8.64. The first-order chi connectivity index (χ1) is 14.1. The van der Waals surface area contributed by atoms with Crippen molar-refractivity contribution in [2.24, 2.45) is 16.8 Å². The molecule has 2 N–H and O–H groups in total. The molecule has 1 aliphatic carbocycles. The maximum atomic E-state index is 12.4. The van der Waals surface area contributed by atoms with E-state index in [0.29, 0.717) is 18.7 Å². The molecule has 1 saturated heterocycles. The van der Waals surface area contributed by atoms with Gasteiger partial charge < -0.3 is 20.4 Å². The van der Waals surface area contributed by atoms with Crippen LogP contribution in [0.1, 0.15) is 48.5 Å². The number of fused-ring (bicyclic) bond motifs is 1. The van der Waals surface area contributed by atoms with Crippen LogP contribution in [-0.4, -0.2) is 68.5 Å². The molecule has 2 unspecified atom stereocenters. The number of amides is 1. The Balaban J connectivity index is 0.00000320. The van der Waals surface area contributed by atoms with Gasteiger partial charge in [0.15, 0.2) is 5.96 Å². The van der Waals surface area contributed by atoms with Crippen molar-refractivity contribution < 1.29 is 4.79 Å². The van der Waals surface area contributed by atoms with E-state index in [1.807, 2.05) is 38.4 Å². The number of carbonyl (C=O) groups is 1. The highest BCUT2D eigenvalue weighted by atomic mass is 127. The molecule has 0 spiro atoms. The quantitative estimate of drug-likeness (QED) is 0.325. The topological polar surface area (TPSA) is 60.0 Å². The monoisotopic (exact) mass is 527 g/mol. The molecule has 1 aromatic carbocycles. The average Bonchev–Trinajstić information content (AvgIpc) is 3.15. The van der Waals surface area contributed by atoms with Gasteiger partial charge in [0, 0.05) is 38.3 Å². The standard InChI is InChI=1S/C23H37N5O.HI/c1-4-24-23(28-16-20-9-5-6-10-21(20)17-28)26-15-18-8-7-11-19(14-18)22(29)25-12-13-27(2)3;/h7-8,11,14,20-21H,4-6,9-10,12-13,15-17H2,1-3H3,(H,24,26)(H,25,29);1H. The molecule has 2 fully saturated rings. The van der Waals surface area contributed by atoms with Crippen LogP contribution in [0.25, 0.3) is 0 Å². The minimum atomic E-state index is -0.0202. The highest BCUT2D eigenvalue weighted by Gasteiger charge is 2.35. The van der Waals surface area contributed by atoms with E-state index in [-0.39, 0.29) is 29.9 Å². The smallest absolute Gasteiger partial charge is 0.251 e. The molecular weight excluding hydrogens is 489 g/mol. The molecule has 2 atom stereocenters. The van der Waals surface area contributed by atoms with Gasteiger partial charge in [0.2, 0.25) is 0 Å². The normalized spacial score (nSPS) is 21.2. The molecule has 0 aromatic heterocycles. The minimum Gasteiger partial charge on any atom is -0.357 e. The number of guanidine groups is 1.